The predicted octanol–water partition coefficient (Wildman–Crippen LogP) is 1.41. The maximum absolute atomic E-state index is 9.06. The monoisotopic (exact) mass is 262 g/mol. The second-order valence-corrected chi connectivity index (χ2v) is 4.46. The van der Waals surface area contributed by atoms with E-state index in [1.165, 1.54) is 0 Å². The van der Waals surface area contributed by atoms with E-state index in [-0.39, 0.29) is 18.7 Å². The first-order valence-electron chi connectivity index (χ1n) is 4.96. The summed E-state index contributed by atoms with van der Waals surface area (Å²) in [6, 6.07) is 3.43. The molecule has 0 unspecified atom stereocenters. The smallest absolute Gasteiger partial charge is 0.131 e. The molecule has 2 rings (SSSR count). The number of nitrogens with one attached hydrogen (secondary N) is 1. The Kier molecular flexibility index (Phi) is 4.00. The molecule has 0 spiro atoms. The molecule has 0 saturated carbocycles. The molecule has 1 fully saturated rings. The first-order chi connectivity index (χ1) is 7.69. The lowest BCUT2D eigenvalue weighted by Crippen LogP contribution is -2.45. The third-order valence-electron chi connectivity index (χ3n) is 2.45. The fourth-order valence-electron chi connectivity index (χ4n) is 1.69. The fraction of sp³-hybridized carbons (Fsp3) is 0.500. The molecule has 6 heteroatoms. The van der Waals surface area contributed by atoms with E-state index in [0.717, 1.165) is 5.56 Å². The van der Waals surface area contributed by atoms with E-state index < -0.39 is 0 Å². The first kappa shape index (κ1) is 12.1. The highest BCUT2D eigenvalue weighted by Gasteiger charge is 2.22. The van der Waals surface area contributed by atoms with Crippen LogP contribution in [0.5, 0.6) is 0 Å². The van der Waals surface area contributed by atoms with E-state index >= 15 is 0 Å². The van der Waals surface area contributed by atoms with E-state index in [2.05, 4.69) is 10.3 Å². The minimum atomic E-state index is -0.0514. The number of halogens is 2. The van der Waals surface area contributed by atoms with Crippen LogP contribution in [0.25, 0.3) is 0 Å². The van der Waals surface area contributed by atoms with Crippen LogP contribution in [0.15, 0.2) is 12.1 Å². The van der Waals surface area contributed by atoms with E-state index in [9.17, 15) is 0 Å². The molecule has 4 nitrogen and oxygen atoms in total. The second kappa shape index (κ2) is 5.29. The van der Waals surface area contributed by atoms with Crippen LogP contribution >= 0.6 is 23.2 Å². The molecule has 0 radical (unpaired) electrons. The van der Waals surface area contributed by atoms with Crippen molar-refractivity contribution in [2.45, 2.75) is 12.1 Å². The number of aliphatic hydroxyl groups is 1. The maximum Gasteiger partial charge on any atom is 0.131 e. The van der Waals surface area contributed by atoms with E-state index in [0.29, 0.717) is 23.5 Å². The number of rotatable bonds is 2. The Bertz CT molecular complexity index is 356. The number of hydrogen-bond acceptors (Lipinski definition) is 4. The largest absolute Gasteiger partial charge is 0.395 e. The van der Waals surface area contributed by atoms with E-state index in [1.807, 2.05) is 0 Å². The molecule has 0 amide bonds. The fourth-order valence-corrected chi connectivity index (χ4v) is 2.17. The molecule has 16 heavy (non-hydrogen) atoms. The summed E-state index contributed by atoms with van der Waals surface area (Å²) in [5.74, 6) is 0. The number of hydrogen-bond donors (Lipinski definition) is 2. The van der Waals surface area contributed by atoms with Gasteiger partial charge in [-0.15, -0.1) is 0 Å². The molecule has 1 aliphatic rings. The average Bonchev–Trinajstić information content (AvgIpc) is 2.28. The summed E-state index contributed by atoms with van der Waals surface area (Å²) in [6.45, 7) is 1.09. The van der Waals surface area contributed by atoms with Gasteiger partial charge in [-0.1, -0.05) is 23.2 Å². The third kappa shape index (κ3) is 2.84. The van der Waals surface area contributed by atoms with Gasteiger partial charge >= 0.3 is 0 Å². The summed E-state index contributed by atoms with van der Waals surface area (Å²) < 4.78 is 5.39. The molecule has 1 aromatic heterocycles. The Balaban J connectivity index is 2.16. The summed E-state index contributed by atoms with van der Waals surface area (Å²) in [5, 5.41) is 13.0. The number of aliphatic hydroxyl groups excluding tert-OH is 1. The zero-order valence-electron chi connectivity index (χ0n) is 8.49. The van der Waals surface area contributed by atoms with Crippen LogP contribution in [0.1, 0.15) is 11.6 Å². The molecule has 88 valence electrons. The number of nitrogens with zero attached hydrogens (tertiary/aromatic N) is 1. The normalized spacial score (nSPS) is 25.7. The highest BCUT2D eigenvalue weighted by molar-refractivity contribution is 6.32. The van der Waals surface area contributed by atoms with Crippen LogP contribution in [-0.4, -0.2) is 36.0 Å². The van der Waals surface area contributed by atoms with Gasteiger partial charge in [-0.05, 0) is 17.7 Å². The molecule has 0 aliphatic carbocycles. The first-order valence-corrected chi connectivity index (χ1v) is 5.72. The van der Waals surface area contributed by atoms with Crippen molar-refractivity contribution in [1.29, 1.82) is 0 Å². The molecular weight excluding hydrogens is 251 g/mol. The highest BCUT2D eigenvalue weighted by Crippen LogP contribution is 2.22. The van der Waals surface area contributed by atoms with Gasteiger partial charge in [0.15, 0.2) is 0 Å². The standard InChI is InChI=1S/C10H12Cl2N2O2/c11-9-1-6(2-10(12)14-9)8-5-16-4-7(3-15)13-8/h1-2,7-8,13,15H,3-5H2/t7-,8+/m1/s1. The van der Waals surface area contributed by atoms with Crippen molar-refractivity contribution in [2.24, 2.45) is 0 Å². The van der Waals surface area contributed by atoms with Crippen LogP contribution < -0.4 is 5.32 Å². The van der Waals surface area contributed by atoms with Gasteiger partial charge in [0.2, 0.25) is 0 Å². The molecule has 2 atom stereocenters. The maximum atomic E-state index is 9.06. The summed E-state index contributed by atoms with van der Waals surface area (Å²) >= 11 is 11.7. The van der Waals surface area contributed by atoms with Gasteiger partial charge in [-0.3, -0.25) is 0 Å². The zero-order valence-corrected chi connectivity index (χ0v) is 10.0. The van der Waals surface area contributed by atoms with Crippen molar-refractivity contribution in [1.82, 2.24) is 10.3 Å². The van der Waals surface area contributed by atoms with Gasteiger partial charge in [0.05, 0.1) is 31.9 Å². The lowest BCUT2D eigenvalue weighted by molar-refractivity contribution is 0.0265. The topological polar surface area (TPSA) is 54.4 Å². The van der Waals surface area contributed by atoms with Gasteiger partial charge in [0.1, 0.15) is 10.3 Å². The SMILES string of the molecule is OC[C@@H]1COC[C@@H](c2cc(Cl)nc(Cl)c2)N1. The third-order valence-corrected chi connectivity index (χ3v) is 2.84. The van der Waals surface area contributed by atoms with Gasteiger partial charge in [0, 0.05) is 0 Å². The molecule has 0 aromatic carbocycles. The highest BCUT2D eigenvalue weighted by atomic mass is 35.5. The molecule has 1 aliphatic heterocycles. The van der Waals surface area contributed by atoms with Gasteiger partial charge in [0.25, 0.3) is 0 Å². The summed E-state index contributed by atoms with van der Waals surface area (Å²) in [4.78, 5) is 3.88. The minimum absolute atomic E-state index is 0.0103. The summed E-state index contributed by atoms with van der Waals surface area (Å²) in [7, 11) is 0. The van der Waals surface area contributed by atoms with Gasteiger partial charge in [-0.2, -0.15) is 0 Å². The van der Waals surface area contributed by atoms with Gasteiger partial charge < -0.3 is 15.2 Å². The zero-order chi connectivity index (χ0) is 11.5. The molecule has 1 aromatic rings. The quantitative estimate of drug-likeness (QED) is 0.792. The van der Waals surface area contributed by atoms with Crippen molar-refractivity contribution < 1.29 is 9.84 Å². The van der Waals surface area contributed by atoms with Crippen LogP contribution in [0.2, 0.25) is 10.3 Å². The van der Waals surface area contributed by atoms with Crippen molar-refractivity contribution in [3.8, 4) is 0 Å². The van der Waals surface area contributed by atoms with Gasteiger partial charge in [-0.25, -0.2) is 4.98 Å². The average molecular weight is 263 g/mol. The van der Waals surface area contributed by atoms with Crippen LogP contribution in [-0.2, 0) is 4.74 Å². The Hall–Kier alpha value is -0.390. The molecular formula is C10H12Cl2N2O2. The Morgan fingerprint density at radius 2 is 2.06 bits per heavy atom. The molecule has 0 bridgehead atoms. The van der Waals surface area contributed by atoms with Crippen molar-refractivity contribution in [3.05, 3.63) is 28.0 Å². The van der Waals surface area contributed by atoms with E-state index in [1.54, 1.807) is 12.1 Å². The lowest BCUT2D eigenvalue weighted by atomic mass is 10.1. The number of ether oxygens (including phenoxy) is 1. The molecule has 2 N–H and O–H groups in total. The Morgan fingerprint density at radius 3 is 2.69 bits per heavy atom. The number of pyridine rings is 1. The summed E-state index contributed by atoms with van der Waals surface area (Å²) in [6.07, 6.45) is 0. The van der Waals surface area contributed by atoms with Crippen molar-refractivity contribution in [3.63, 3.8) is 0 Å². The van der Waals surface area contributed by atoms with Crippen LogP contribution in [0, 0.1) is 0 Å². The molecule has 1 saturated heterocycles. The lowest BCUT2D eigenvalue weighted by Gasteiger charge is -2.30. The second-order valence-electron chi connectivity index (χ2n) is 3.68. The Morgan fingerprint density at radius 1 is 1.38 bits per heavy atom. The number of morpholine rings is 1. The van der Waals surface area contributed by atoms with E-state index in [4.69, 9.17) is 33.0 Å². The van der Waals surface area contributed by atoms with Crippen LogP contribution in [0.4, 0.5) is 0 Å². The summed E-state index contributed by atoms with van der Waals surface area (Å²) in [5.41, 5.74) is 0.920. The predicted molar refractivity (Wildman–Crippen MR) is 61.8 cm³/mol. The molecule has 2 heterocycles. The number of aromatic nitrogens is 1. The Labute approximate surface area is 104 Å². The minimum Gasteiger partial charge on any atom is -0.395 e. The van der Waals surface area contributed by atoms with Crippen LogP contribution in [0.3, 0.4) is 0 Å². The van der Waals surface area contributed by atoms with Crippen molar-refractivity contribution in [2.75, 3.05) is 19.8 Å². The van der Waals surface area contributed by atoms with Crippen molar-refractivity contribution >= 4 is 23.2 Å².